The van der Waals surface area contributed by atoms with Crippen LogP contribution in [0.4, 0.5) is 10.1 Å². The van der Waals surface area contributed by atoms with E-state index in [2.05, 4.69) is 15.5 Å². The molecule has 0 fully saturated rings. The van der Waals surface area contributed by atoms with Crippen LogP contribution in [0.1, 0.15) is 5.56 Å². The van der Waals surface area contributed by atoms with E-state index in [0.717, 1.165) is 5.56 Å². The Morgan fingerprint density at radius 1 is 1.14 bits per heavy atom. The van der Waals surface area contributed by atoms with Gasteiger partial charge in [0.2, 0.25) is 0 Å². The first kappa shape index (κ1) is 13.8. The third-order valence-corrected chi connectivity index (χ3v) is 3.12. The van der Waals surface area contributed by atoms with Crippen LogP contribution in [-0.2, 0) is 6.54 Å². The van der Waals surface area contributed by atoms with Crippen molar-refractivity contribution in [3.05, 3.63) is 70.0 Å². The van der Waals surface area contributed by atoms with Crippen molar-refractivity contribution in [1.82, 2.24) is 20.2 Å². The number of para-hydroxylation sites is 1. The molecule has 8 heteroatoms. The molecule has 1 aromatic heterocycles. The monoisotopic (exact) mass is 299 g/mol. The summed E-state index contributed by atoms with van der Waals surface area (Å²) in [6.45, 7) is 0.286. The third-order valence-electron chi connectivity index (χ3n) is 3.12. The maximum absolute atomic E-state index is 12.9. The highest BCUT2D eigenvalue weighted by Gasteiger charge is 2.19. The Balaban J connectivity index is 1.99. The van der Waals surface area contributed by atoms with Gasteiger partial charge in [0.25, 0.3) is 5.69 Å². The molecule has 0 bridgehead atoms. The van der Waals surface area contributed by atoms with Crippen LogP contribution in [0, 0.1) is 15.9 Å². The van der Waals surface area contributed by atoms with Gasteiger partial charge in [-0.3, -0.25) is 10.1 Å². The summed E-state index contributed by atoms with van der Waals surface area (Å²) in [5.74, 6) is -0.0454. The Labute approximate surface area is 124 Å². The molecule has 22 heavy (non-hydrogen) atoms. The SMILES string of the molecule is O=[N+]([O-])c1ccccc1-c1nnnn1Cc1ccc(F)cc1. The zero-order chi connectivity index (χ0) is 15.5. The van der Waals surface area contributed by atoms with Crippen LogP contribution in [-0.4, -0.2) is 25.1 Å². The molecule has 0 saturated carbocycles. The van der Waals surface area contributed by atoms with Gasteiger partial charge in [-0.05, 0) is 34.2 Å². The summed E-state index contributed by atoms with van der Waals surface area (Å²) in [5.41, 5.74) is 1.05. The van der Waals surface area contributed by atoms with Crippen LogP contribution < -0.4 is 0 Å². The predicted octanol–water partition coefficient (Wildman–Crippen LogP) is 2.44. The van der Waals surface area contributed by atoms with Crippen molar-refractivity contribution in [1.29, 1.82) is 0 Å². The molecule has 0 radical (unpaired) electrons. The van der Waals surface area contributed by atoms with Crippen molar-refractivity contribution >= 4 is 5.69 Å². The fourth-order valence-corrected chi connectivity index (χ4v) is 2.09. The molecular weight excluding hydrogens is 289 g/mol. The fraction of sp³-hybridized carbons (Fsp3) is 0.0714. The lowest BCUT2D eigenvalue weighted by molar-refractivity contribution is -0.384. The Morgan fingerprint density at radius 2 is 1.86 bits per heavy atom. The lowest BCUT2D eigenvalue weighted by Crippen LogP contribution is -2.05. The van der Waals surface area contributed by atoms with Crippen molar-refractivity contribution < 1.29 is 9.31 Å². The molecule has 0 aliphatic carbocycles. The van der Waals surface area contributed by atoms with E-state index < -0.39 is 4.92 Å². The standard InChI is InChI=1S/C14H10FN5O2/c15-11-7-5-10(6-8-11)9-19-14(16-17-18-19)12-3-1-2-4-13(12)20(21)22/h1-8H,9H2. The molecule has 0 N–H and O–H groups in total. The van der Waals surface area contributed by atoms with Crippen LogP contribution >= 0.6 is 0 Å². The zero-order valence-electron chi connectivity index (χ0n) is 11.3. The van der Waals surface area contributed by atoms with Gasteiger partial charge < -0.3 is 0 Å². The Hall–Kier alpha value is -3.16. The van der Waals surface area contributed by atoms with Crippen LogP contribution in [0.2, 0.25) is 0 Å². The fourth-order valence-electron chi connectivity index (χ4n) is 2.09. The molecule has 0 amide bonds. The molecule has 0 atom stereocenters. The summed E-state index contributed by atoms with van der Waals surface area (Å²) in [6, 6.07) is 12.1. The van der Waals surface area contributed by atoms with Gasteiger partial charge in [-0.1, -0.05) is 24.3 Å². The summed E-state index contributed by atoms with van der Waals surface area (Å²) in [7, 11) is 0. The van der Waals surface area contributed by atoms with Gasteiger partial charge in [-0.15, -0.1) is 5.10 Å². The molecule has 1 heterocycles. The highest BCUT2D eigenvalue weighted by atomic mass is 19.1. The number of hydrogen-bond acceptors (Lipinski definition) is 5. The summed E-state index contributed by atoms with van der Waals surface area (Å²) >= 11 is 0. The van der Waals surface area contributed by atoms with Crippen molar-refractivity contribution in [2.45, 2.75) is 6.54 Å². The van der Waals surface area contributed by atoms with Crippen LogP contribution in [0.3, 0.4) is 0 Å². The second-order valence-corrected chi connectivity index (χ2v) is 4.56. The molecule has 3 rings (SSSR count). The van der Waals surface area contributed by atoms with Crippen molar-refractivity contribution in [2.75, 3.05) is 0 Å². The molecule has 0 spiro atoms. The minimum atomic E-state index is -0.480. The smallest absolute Gasteiger partial charge is 0.258 e. The van der Waals surface area contributed by atoms with E-state index in [-0.39, 0.29) is 23.9 Å². The minimum absolute atomic E-state index is 0.0716. The first-order valence-corrected chi connectivity index (χ1v) is 6.39. The van der Waals surface area contributed by atoms with E-state index in [9.17, 15) is 14.5 Å². The molecule has 3 aromatic rings. The van der Waals surface area contributed by atoms with E-state index in [1.165, 1.54) is 22.9 Å². The van der Waals surface area contributed by atoms with E-state index in [1.54, 1.807) is 30.3 Å². The topological polar surface area (TPSA) is 86.7 Å². The van der Waals surface area contributed by atoms with E-state index in [0.29, 0.717) is 5.56 Å². The highest BCUT2D eigenvalue weighted by Crippen LogP contribution is 2.27. The van der Waals surface area contributed by atoms with Crippen molar-refractivity contribution in [2.24, 2.45) is 0 Å². The number of benzene rings is 2. The van der Waals surface area contributed by atoms with Gasteiger partial charge in [0.05, 0.1) is 17.0 Å². The van der Waals surface area contributed by atoms with E-state index in [1.807, 2.05) is 0 Å². The maximum Gasteiger partial charge on any atom is 0.280 e. The van der Waals surface area contributed by atoms with Gasteiger partial charge in [0.1, 0.15) is 5.82 Å². The molecule has 7 nitrogen and oxygen atoms in total. The molecule has 2 aromatic carbocycles. The molecule has 110 valence electrons. The van der Waals surface area contributed by atoms with Crippen LogP contribution in [0.15, 0.2) is 48.5 Å². The first-order chi connectivity index (χ1) is 10.6. The van der Waals surface area contributed by atoms with Gasteiger partial charge in [0, 0.05) is 6.07 Å². The number of tetrazole rings is 1. The second kappa shape index (κ2) is 5.68. The summed E-state index contributed by atoms with van der Waals surface area (Å²) in [6.07, 6.45) is 0. The number of aromatic nitrogens is 4. The number of halogens is 1. The van der Waals surface area contributed by atoms with Crippen LogP contribution in [0.5, 0.6) is 0 Å². The Morgan fingerprint density at radius 3 is 2.59 bits per heavy atom. The largest absolute Gasteiger partial charge is 0.280 e. The molecule has 0 aliphatic rings. The van der Waals surface area contributed by atoms with E-state index in [4.69, 9.17) is 0 Å². The highest BCUT2D eigenvalue weighted by molar-refractivity contribution is 5.67. The quantitative estimate of drug-likeness (QED) is 0.545. The van der Waals surface area contributed by atoms with Gasteiger partial charge in [-0.25, -0.2) is 9.07 Å². The summed E-state index contributed by atoms with van der Waals surface area (Å²) in [4.78, 5) is 10.6. The number of hydrogen-bond donors (Lipinski definition) is 0. The minimum Gasteiger partial charge on any atom is -0.258 e. The lowest BCUT2D eigenvalue weighted by Gasteiger charge is -2.05. The zero-order valence-corrected chi connectivity index (χ0v) is 11.3. The molecule has 0 saturated heterocycles. The molecule has 0 unspecified atom stereocenters. The number of nitro groups is 1. The first-order valence-electron chi connectivity index (χ1n) is 6.39. The number of nitrogens with zero attached hydrogens (tertiary/aromatic N) is 5. The van der Waals surface area contributed by atoms with Crippen LogP contribution in [0.25, 0.3) is 11.4 Å². The Kier molecular flexibility index (Phi) is 3.57. The second-order valence-electron chi connectivity index (χ2n) is 4.56. The van der Waals surface area contributed by atoms with Crippen molar-refractivity contribution in [3.63, 3.8) is 0 Å². The van der Waals surface area contributed by atoms with Gasteiger partial charge in [-0.2, -0.15) is 0 Å². The molecular formula is C14H10FN5O2. The molecule has 0 aliphatic heterocycles. The van der Waals surface area contributed by atoms with Gasteiger partial charge in [0.15, 0.2) is 5.82 Å². The Bertz CT molecular complexity index is 816. The van der Waals surface area contributed by atoms with E-state index >= 15 is 0 Å². The number of nitro benzene ring substituents is 1. The lowest BCUT2D eigenvalue weighted by atomic mass is 10.1. The van der Waals surface area contributed by atoms with Crippen molar-refractivity contribution in [3.8, 4) is 11.4 Å². The maximum atomic E-state index is 12.9. The third kappa shape index (κ3) is 2.66. The predicted molar refractivity (Wildman–Crippen MR) is 75.4 cm³/mol. The average molecular weight is 299 g/mol. The van der Waals surface area contributed by atoms with Gasteiger partial charge >= 0.3 is 0 Å². The summed E-state index contributed by atoms with van der Waals surface area (Å²) in [5, 5.41) is 22.4. The summed E-state index contributed by atoms with van der Waals surface area (Å²) < 4.78 is 14.4. The normalized spacial score (nSPS) is 10.6. The number of rotatable bonds is 4. The average Bonchev–Trinajstić information content (AvgIpc) is 2.97.